The van der Waals surface area contributed by atoms with Crippen LogP contribution in [0.3, 0.4) is 0 Å². The van der Waals surface area contributed by atoms with Crippen molar-refractivity contribution in [3.05, 3.63) is 23.8 Å². The maximum atomic E-state index is 12.1. The SMILES string of the molecule is COc1ccc(C)cc1N(CCC(=O)NC1CCS(=O)(=O)C1)C(C)=O. The topological polar surface area (TPSA) is 92.8 Å². The summed E-state index contributed by atoms with van der Waals surface area (Å²) in [6.45, 7) is 3.54. The highest BCUT2D eigenvalue weighted by molar-refractivity contribution is 7.91. The normalized spacial score (nSPS) is 18.6. The van der Waals surface area contributed by atoms with Gasteiger partial charge in [-0.05, 0) is 31.0 Å². The predicted molar refractivity (Wildman–Crippen MR) is 95.6 cm³/mol. The fourth-order valence-electron chi connectivity index (χ4n) is 2.88. The van der Waals surface area contributed by atoms with Gasteiger partial charge in [0.05, 0.1) is 24.3 Å². The lowest BCUT2D eigenvalue weighted by molar-refractivity contribution is -0.121. The van der Waals surface area contributed by atoms with Gasteiger partial charge in [-0.1, -0.05) is 6.07 Å². The standard InChI is InChI=1S/C17H24N2O5S/c1-12-4-5-16(24-3)15(10-12)19(13(2)20)8-6-17(21)18-14-7-9-25(22,23)11-14/h4-5,10,14H,6-9,11H2,1-3H3,(H,18,21). The second-order valence-corrected chi connectivity index (χ2v) is 8.49. The molecule has 1 aromatic carbocycles. The molecule has 0 aliphatic carbocycles. The lowest BCUT2D eigenvalue weighted by Crippen LogP contribution is -2.39. The molecule has 1 aliphatic heterocycles. The highest BCUT2D eigenvalue weighted by Gasteiger charge is 2.29. The van der Waals surface area contributed by atoms with Crippen LogP contribution < -0.4 is 15.0 Å². The first-order valence-electron chi connectivity index (χ1n) is 8.14. The van der Waals surface area contributed by atoms with Crippen molar-refractivity contribution in [2.75, 3.05) is 30.1 Å². The summed E-state index contributed by atoms with van der Waals surface area (Å²) >= 11 is 0. The molecule has 1 N–H and O–H groups in total. The lowest BCUT2D eigenvalue weighted by atomic mass is 10.1. The van der Waals surface area contributed by atoms with Crippen molar-refractivity contribution in [3.63, 3.8) is 0 Å². The van der Waals surface area contributed by atoms with Crippen LogP contribution in [0.1, 0.15) is 25.3 Å². The van der Waals surface area contributed by atoms with Crippen molar-refractivity contribution in [3.8, 4) is 5.75 Å². The number of amides is 2. The largest absolute Gasteiger partial charge is 0.495 e. The number of benzene rings is 1. The Kier molecular flexibility index (Phi) is 6.05. The van der Waals surface area contributed by atoms with Crippen LogP contribution >= 0.6 is 0 Å². The molecule has 1 fully saturated rings. The second-order valence-electron chi connectivity index (χ2n) is 6.26. The van der Waals surface area contributed by atoms with Crippen molar-refractivity contribution < 1.29 is 22.7 Å². The zero-order valence-electron chi connectivity index (χ0n) is 14.7. The van der Waals surface area contributed by atoms with Gasteiger partial charge in [0, 0.05) is 25.9 Å². The molecule has 1 heterocycles. The monoisotopic (exact) mass is 368 g/mol. The Bertz CT molecular complexity index is 760. The van der Waals surface area contributed by atoms with E-state index in [2.05, 4.69) is 5.32 Å². The number of methoxy groups -OCH3 is 1. The molecule has 25 heavy (non-hydrogen) atoms. The molecule has 1 atom stereocenters. The van der Waals surface area contributed by atoms with E-state index in [0.717, 1.165) is 5.56 Å². The molecule has 1 aliphatic rings. The smallest absolute Gasteiger partial charge is 0.223 e. The van der Waals surface area contributed by atoms with E-state index < -0.39 is 9.84 Å². The van der Waals surface area contributed by atoms with Crippen molar-refractivity contribution in [1.82, 2.24) is 5.32 Å². The number of carbonyl (C=O) groups is 2. The first-order chi connectivity index (χ1) is 11.7. The number of hydrogen-bond donors (Lipinski definition) is 1. The Labute approximate surface area is 148 Å². The van der Waals surface area contributed by atoms with Crippen molar-refractivity contribution in [2.45, 2.75) is 32.7 Å². The maximum Gasteiger partial charge on any atom is 0.223 e. The summed E-state index contributed by atoms with van der Waals surface area (Å²) in [6, 6.07) is 5.16. The average molecular weight is 368 g/mol. The molecule has 2 amide bonds. The number of rotatable bonds is 6. The summed E-state index contributed by atoms with van der Waals surface area (Å²) in [7, 11) is -1.51. The molecule has 1 aromatic rings. The first kappa shape index (κ1) is 19.2. The van der Waals surface area contributed by atoms with Crippen LogP contribution in [0.4, 0.5) is 5.69 Å². The molecule has 138 valence electrons. The van der Waals surface area contributed by atoms with E-state index in [1.165, 1.54) is 18.9 Å². The van der Waals surface area contributed by atoms with Crippen molar-refractivity contribution in [1.29, 1.82) is 0 Å². The highest BCUT2D eigenvalue weighted by atomic mass is 32.2. The Morgan fingerprint density at radius 1 is 1.36 bits per heavy atom. The minimum atomic E-state index is -3.04. The lowest BCUT2D eigenvalue weighted by Gasteiger charge is -2.24. The molecule has 2 rings (SSSR count). The molecule has 0 saturated carbocycles. The minimum absolute atomic E-state index is 0.0130. The van der Waals surface area contributed by atoms with Gasteiger partial charge in [-0.3, -0.25) is 9.59 Å². The third kappa shape index (κ3) is 5.19. The number of ether oxygens (including phenoxy) is 1. The van der Waals surface area contributed by atoms with E-state index in [-0.39, 0.29) is 42.3 Å². The van der Waals surface area contributed by atoms with Crippen LogP contribution in [-0.2, 0) is 19.4 Å². The van der Waals surface area contributed by atoms with Crippen LogP contribution in [0.2, 0.25) is 0 Å². The van der Waals surface area contributed by atoms with E-state index in [9.17, 15) is 18.0 Å². The second kappa shape index (κ2) is 7.86. The number of carbonyl (C=O) groups excluding carboxylic acids is 2. The summed E-state index contributed by atoms with van der Waals surface area (Å²) in [4.78, 5) is 25.6. The van der Waals surface area contributed by atoms with Gasteiger partial charge in [-0.25, -0.2) is 8.42 Å². The molecule has 1 saturated heterocycles. The van der Waals surface area contributed by atoms with E-state index >= 15 is 0 Å². The first-order valence-corrected chi connectivity index (χ1v) is 9.96. The number of nitrogens with one attached hydrogen (secondary N) is 1. The van der Waals surface area contributed by atoms with Crippen molar-refractivity contribution >= 4 is 27.3 Å². The van der Waals surface area contributed by atoms with Gasteiger partial charge in [0.25, 0.3) is 0 Å². The minimum Gasteiger partial charge on any atom is -0.495 e. The molecule has 0 aromatic heterocycles. The predicted octanol–water partition coefficient (Wildman–Crippen LogP) is 1.05. The highest BCUT2D eigenvalue weighted by Crippen LogP contribution is 2.29. The Balaban J connectivity index is 2.02. The van der Waals surface area contributed by atoms with E-state index in [0.29, 0.717) is 17.9 Å². The van der Waals surface area contributed by atoms with Gasteiger partial charge in [0.15, 0.2) is 9.84 Å². The Morgan fingerprint density at radius 3 is 2.64 bits per heavy atom. The molecule has 7 nitrogen and oxygen atoms in total. The zero-order valence-corrected chi connectivity index (χ0v) is 15.6. The average Bonchev–Trinajstić information content (AvgIpc) is 2.86. The fraction of sp³-hybridized carbons (Fsp3) is 0.529. The van der Waals surface area contributed by atoms with Crippen LogP contribution in [0.5, 0.6) is 5.75 Å². The molecular formula is C17H24N2O5S. The Hall–Kier alpha value is -2.09. The quantitative estimate of drug-likeness (QED) is 0.810. The third-order valence-electron chi connectivity index (χ3n) is 4.17. The molecule has 8 heteroatoms. The van der Waals surface area contributed by atoms with E-state index in [4.69, 9.17) is 4.74 Å². The van der Waals surface area contributed by atoms with Gasteiger partial charge in [0.2, 0.25) is 11.8 Å². The summed E-state index contributed by atoms with van der Waals surface area (Å²) in [5.74, 6) is 0.196. The summed E-state index contributed by atoms with van der Waals surface area (Å²) in [5, 5.41) is 2.73. The summed E-state index contributed by atoms with van der Waals surface area (Å²) in [5.41, 5.74) is 1.59. The molecule has 0 bridgehead atoms. The van der Waals surface area contributed by atoms with Gasteiger partial charge in [0.1, 0.15) is 5.75 Å². The Morgan fingerprint density at radius 2 is 2.08 bits per heavy atom. The molecular weight excluding hydrogens is 344 g/mol. The van der Waals surface area contributed by atoms with Gasteiger partial charge >= 0.3 is 0 Å². The number of nitrogens with zero attached hydrogens (tertiary/aromatic N) is 1. The maximum absolute atomic E-state index is 12.1. The van der Waals surface area contributed by atoms with Crippen LogP contribution in [0, 0.1) is 6.92 Å². The van der Waals surface area contributed by atoms with Gasteiger partial charge < -0.3 is 15.0 Å². The number of hydrogen-bond acceptors (Lipinski definition) is 5. The molecule has 1 unspecified atom stereocenters. The molecule has 0 radical (unpaired) electrons. The third-order valence-corrected chi connectivity index (χ3v) is 5.93. The zero-order chi connectivity index (χ0) is 18.6. The van der Waals surface area contributed by atoms with Gasteiger partial charge in [-0.2, -0.15) is 0 Å². The number of aryl methyl sites for hydroxylation is 1. The number of sulfone groups is 1. The summed E-state index contributed by atoms with van der Waals surface area (Å²) < 4.78 is 28.2. The number of anilines is 1. The van der Waals surface area contributed by atoms with Crippen LogP contribution in [0.15, 0.2) is 18.2 Å². The molecule has 0 spiro atoms. The van der Waals surface area contributed by atoms with Crippen molar-refractivity contribution in [2.24, 2.45) is 0 Å². The van der Waals surface area contributed by atoms with Crippen LogP contribution in [0.25, 0.3) is 0 Å². The van der Waals surface area contributed by atoms with E-state index in [1.807, 2.05) is 19.1 Å². The summed E-state index contributed by atoms with van der Waals surface area (Å²) in [6.07, 6.45) is 0.531. The fourth-order valence-corrected chi connectivity index (χ4v) is 4.55. The van der Waals surface area contributed by atoms with Gasteiger partial charge in [-0.15, -0.1) is 0 Å². The van der Waals surface area contributed by atoms with E-state index in [1.54, 1.807) is 6.07 Å². The van der Waals surface area contributed by atoms with Crippen LogP contribution in [-0.4, -0.2) is 51.4 Å².